The molecule has 2 N–H and O–H groups in total. The first kappa shape index (κ1) is 15.1. The van der Waals surface area contributed by atoms with Gasteiger partial charge in [0.15, 0.2) is 0 Å². The Bertz CT molecular complexity index is 629. The zero-order valence-corrected chi connectivity index (χ0v) is 13.0. The zero-order chi connectivity index (χ0) is 15.4. The third-order valence-corrected chi connectivity index (χ3v) is 3.52. The van der Waals surface area contributed by atoms with Crippen molar-refractivity contribution in [2.75, 3.05) is 10.6 Å². The van der Waals surface area contributed by atoms with Crippen molar-refractivity contribution in [2.24, 2.45) is 0 Å². The Morgan fingerprint density at radius 3 is 2.24 bits per heavy atom. The van der Waals surface area contributed by atoms with Crippen LogP contribution in [0.25, 0.3) is 0 Å². The van der Waals surface area contributed by atoms with E-state index in [4.69, 9.17) is 0 Å². The van der Waals surface area contributed by atoms with Crippen molar-refractivity contribution in [3.8, 4) is 0 Å². The molecule has 0 saturated carbocycles. The van der Waals surface area contributed by atoms with Crippen LogP contribution in [0.15, 0.2) is 42.5 Å². The standard InChI is InChI=1S/C18H22N2O/c1-12-7-5-10-16(11-12)19-15(4)18(21)20-17-13(2)8-6-9-14(17)3/h5-11,15,19H,1-4H3,(H,20,21). The molecule has 0 aromatic heterocycles. The van der Waals surface area contributed by atoms with Gasteiger partial charge in [0.25, 0.3) is 0 Å². The summed E-state index contributed by atoms with van der Waals surface area (Å²) in [6.45, 7) is 7.90. The molecular weight excluding hydrogens is 260 g/mol. The summed E-state index contributed by atoms with van der Waals surface area (Å²) in [7, 11) is 0. The fourth-order valence-electron chi connectivity index (χ4n) is 2.29. The van der Waals surface area contributed by atoms with E-state index in [2.05, 4.69) is 10.6 Å². The van der Waals surface area contributed by atoms with Crippen LogP contribution in [-0.4, -0.2) is 11.9 Å². The van der Waals surface area contributed by atoms with Crippen LogP contribution in [0.2, 0.25) is 0 Å². The van der Waals surface area contributed by atoms with Crippen LogP contribution >= 0.6 is 0 Å². The molecule has 0 aliphatic heterocycles. The molecule has 21 heavy (non-hydrogen) atoms. The highest BCUT2D eigenvalue weighted by Gasteiger charge is 2.14. The van der Waals surface area contributed by atoms with Gasteiger partial charge in [-0.25, -0.2) is 0 Å². The van der Waals surface area contributed by atoms with Gasteiger partial charge in [0.1, 0.15) is 6.04 Å². The Balaban J connectivity index is 2.06. The number of nitrogens with one attached hydrogen (secondary N) is 2. The van der Waals surface area contributed by atoms with Gasteiger partial charge in [0.05, 0.1) is 0 Å². The number of para-hydroxylation sites is 1. The van der Waals surface area contributed by atoms with Crippen molar-refractivity contribution >= 4 is 17.3 Å². The number of anilines is 2. The fraction of sp³-hybridized carbons (Fsp3) is 0.278. The van der Waals surface area contributed by atoms with Crippen molar-refractivity contribution in [3.05, 3.63) is 59.2 Å². The van der Waals surface area contributed by atoms with Crippen LogP contribution in [0, 0.1) is 20.8 Å². The van der Waals surface area contributed by atoms with Gasteiger partial charge in [-0.3, -0.25) is 4.79 Å². The first-order valence-electron chi connectivity index (χ1n) is 7.17. The van der Waals surface area contributed by atoms with Crippen molar-refractivity contribution in [2.45, 2.75) is 33.7 Å². The lowest BCUT2D eigenvalue weighted by Crippen LogP contribution is -2.32. The molecule has 0 aliphatic rings. The number of carbonyl (C=O) groups excluding carboxylic acids is 1. The van der Waals surface area contributed by atoms with Crippen molar-refractivity contribution in [1.82, 2.24) is 0 Å². The smallest absolute Gasteiger partial charge is 0.246 e. The first-order valence-corrected chi connectivity index (χ1v) is 7.17. The molecule has 3 nitrogen and oxygen atoms in total. The van der Waals surface area contributed by atoms with Gasteiger partial charge in [-0.2, -0.15) is 0 Å². The SMILES string of the molecule is Cc1cccc(NC(C)C(=O)Nc2c(C)cccc2C)c1. The number of carbonyl (C=O) groups is 1. The largest absolute Gasteiger partial charge is 0.374 e. The molecule has 0 aliphatic carbocycles. The van der Waals surface area contributed by atoms with E-state index in [0.717, 1.165) is 22.5 Å². The molecule has 0 bridgehead atoms. The summed E-state index contributed by atoms with van der Waals surface area (Å²) in [4.78, 5) is 12.3. The highest BCUT2D eigenvalue weighted by molar-refractivity contribution is 5.97. The monoisotopic (exact) mass is 282 g/mol. The van der Waals surface area contributed by atoms with E-state index in [0.29, 0.717) is 0 Å². The molecule has 3 heteroatoms. The maximum Gasteiger partial charge on any atom is 0.246 e. The average Bonchev–Trinajstić information content (AvgIpc) is 2.43. The van der Waals surface area contributed by atoms with Gasteiger partial charge in [0.2, 0.25) is 5.91 Å². The average molecular weight is 282 g/mol. The highest BCUT2D eigenvalue weighted by Crippen LogP contribution is 2.20. The second-order valence-corrected chi connectivity index (χ2v) is 5.49. The molecular formula is C18H22N2O. The highest BCUT2D eigenvalue weighted by atomic mass is 16.2. The summed E-state index contributed by atoms with van der Waals surface area (Å²) in [6, 6.07) is 13.7. The van der Waals surface area contributed by atoms with E-state index in [1.54, 1.807) is 0 Å². The van der Waals surface area contributed by atoms with Crippen LogP contribution < -0.4 is 10.6 Å². The van der Waals surface area contributed by atoms with Gasteiger partial charge in [0, 0.05) is 11.4 Å². The summed E-state index contributed by atoms with van der Waals surface area (Å²) >= 11 is 0. The molecule has 0 heterocycles. The summed E-state index contributed by atoms with van der Waals surface area (Å²) in [5.74, 6) is -0.0334. The second kappa shape index (κ2) is 6.44. The number of rotatable bonds is 4. The quantitative estimate of drug-likeness (QED) is 0.888. The molecule has 2 aromatic carbocycles. The minimum Gasteiger partial charge on any atom is -0.374 e. The number of benzene rings is 2. The predicted octanol–water partition coefficient (Wildman–Crippen LogP) is 4.05. The molecule has 2 aromatic rings. The Kier molecular flexibility index (Phi) is 4.63. The molecule has 2 rings (SSSR count). The van der Waals surface area contributed by atoms with Crippen LogP contribution in [0.5, 0.6) is 0 Å². The minimum atomic E-state index is -0.300. The van der Waals surface area contributed by atoms with Gasteiger partial charge in [-0.15, -0.1) is 0 Å². The Morgan fingerprint density at radius 2 is 1.62 bits per heavy atom. The summed E-state index contributed by atoms with van der Waals surface area (Å²) in [6.07, 6.45) is 0. The minimum absolute atomic E-state index is 0.0334. The van der Waals surface area contributed by atoms with Crippen LogP contribution in [0.3, 0.4) is 0 Å². The number of hydrogen-bond acceptors (Lipinski definition) is 2. The van der Waals surface area contributed by atoms with Gasteiger partial charge in [-0.05, 0) is 56.5 Å². The van der Waals surface area contributed by atoms with Crippen molar-refractivity contribution < 1.29 is 4.79 Å². The number of hydrogen-bond donors (Lipinski definition) is 2. The molecule has 0 spiro atoms. The van der Waals surface area contributed by atoms with E-state index in [1.165, 1.54) is 5.56 Å². The molecule has 0 saturated heterocycles. The van der Waals surface area contributed by atoms with Gasteiger partial charge in [-0.1, -0.05) is 30.3 Å². The third-order valence-electron chi connectivity index (χ3n) is 3.52. The Hall–Kier alpha value is -2.29. The van der Waals surface area contributed by atoms with Gasteiger partial charge >= 0.3 is 0 Å². The summed E-state index contributed by atoms with van der Waals surface area (Å²) in [5.41, 5.74) is 5.18. The summed E-state index contributed by atoms with van der Waals surface area (Å²) in [5, 5.41) is 6.24. The Morgan fingerprint density at radius 1 is 1.00 bits per heavy atom. The normalized spacial score (nSPS) is 11.8. The molecule has 0 fully saturated rings. The fourth-order valence-corrected chi connectivity index (χ4v) is 2.29. The maximum absolute atomic E-state index is 12.3. The molecule has 0 radical (unpaired) electrons. The van der Waals surface area contributed by atoms with E-state index < -0.39 is 0 Å². The van der Waals surface area contributed by atoms with E-state index in [9.17, 15) is 4.79 Å². The number of aryl methyl sites for hydroxylation is 3. The van der Waals surface area contributed by atoms with E-state index in [-0.39, 0.29) is 11.9 Å². The first-order chi connectivity index (χ1) is 9.97. The van der Waals surface area contributed by atoms with E-state index >= 15 is 0 Å². The topological polar surface area (TPSA) is 41.1 Å². The van der Waals surface area contributed by atoms with Crippen molar-refractivity contribution in [1.29, 1.82) is 0 Å². The molecule has 1 unspecified atom stereocenters. The summed E-state index contributed by atoms with van der Waals surface area (Å²) < 4.78 is 0. The lowest BCUT2D eigenvalue weighted by atomic mass is 10.1. The second-order valence-electron chi connectivity index (χ2n) is 5.49. The predicted molar refractivity (Wildman–Crippen MR) is 88.8 cm³/mol. The third kappa shape index (κ3) is 3.85. The lowest BCUT2D eigenvalue weighted by molar-refractivity contribution is -0.116. The van der Waals surface area contributed by atoms with Crippen molar-refractivity contribution in [3.63, 3.8) is 0 Å². The molecule has 1 amide bonds. The molecule has 110 valence electrons. The van der Waals surface area contributed by atoms with E-state index in [1.807, 2.05) is 70.2 Å². The van der Waals surface area contributed by atoms with Crippen LogP contribution in [0.1, 0.15) is 23.6 Å². The number of amides is 1. The van der Waals surface area contributed by atoms with Crippen LogP contribution in [0.4, 0.5) is 11.4 Å². The van der Waals surface area contributed by atoms with Crippen LogP contribution in [-0.2, 0) is 4.79 Å². The zero-order valence-electron chi connectivity index (χ0n) is 13.0. The Labute approximate surface area is 126 Å². The maximum atomic E-state index is 12.3. The lowest BCUT2D eigenvalue weighted by Gasteiger charge is -2.17. The molecule has 1 atom stereocenters. The van der Waals surface area contributed by atoms with Gasteiger partial charge < -0.3 is 10.6 Å².